The van der Waals surface area contributed by atoms with E-state index in [1.54, 1.807) is 13.8 Å². The Morgan fingerprint density at radius 2 is 2.00 bits per heavy atom. The summed E-state index contributed by atoms with van der Waals surface area (Å²) in [6, 6.07) is 2.18. The number of hydrogen-bond donors (Lipinski definition) is 2. The summed E-state index contributed by atoms with van der Waals surface area (Å²) in [7, 11) is -3.97. The molecular formula is C12H17ClN2O5S. The fraction of sp³-hybridized carbons (Fsp3) is 0.500. The third kappa shape index (κ3) is 4.37. The molecule has 0 radical (unpaired) electrons. The lowest BCUT2D eigenvalue weighted by atomic mass is 10.0. The lowest BCUT2D eigenvalue weighted by Gasteiger charge is -2.25. The summed E-state index contributed by atoms with van der Waals surface area (Å²) < 4.78 is 27.2. The number of halogens is 1. The van der Waals surface area contributed by atoms with E-state index in [1.165, 1.54) is 13.0 Å². The molecule has 1 rings (SSSR count). The maximum atomic E-state index is 12.4. The van der Waals surface area contributed by atoms with E-state index in [-0.39, 0.29) is 22.9 Å². The van der Waals surface area contributed by atoms with Crippen LogP contribution in [0, 0.1) is 17.0 Å². The molecule has 118 valence electrons. The number of benzene rings is 1. The number of hydrogen-bond acceptors (Lipinski definition) is 5. The second kappa shape index (κ2) is 6.27. The Morgan fingerprint density at radius 3 is 2.48 bits per heavy atom. The minimum Gasteiger partial charge on any atom is -0.396 e. The van der Waals surface area contributed by atoms with Gasteiger partial charge < -0.3 is 5.11 Å². The highest BCUT2D eigenvalue weighted by atomic mass is 35.5. The topological polar surface area (TPSA) is 110 Å². The van der Waals surface area contributed by atoms with Crippen LogP contribution in [0.2, 0.25) is 5.02 Å². The van der Waals surface area contributed by atoms with Gasteiger partial charge in [0.1, 0.15) is 5.02 Å². The molecule has 0 saturated heterocycles. The van der Waals surface area contributed by atoms with Gasteiger partial charge in [-0.15, -0.1) is 0 Å². The quantitative estimate of drug-likeness (QED) is 0.610. The van der Waals surface area contributed by atoms with Crippen molar-refractivity contribution < 1.29 is 18.4 Å². The molecule has 9 heteroatoms. The lowest BCUT2D eigenvalue weighted by molar-refractivity contribution is -0.384. The molecule has 21 heavy (non-hydrogen) atoms. The molecule has 0 heterocycles. The first-order valence-corrected chi connectivity index (χ1v) is 7.95. The van der Waals surface area contributed by atoms with Gasteiger partial charge in [0.25, 0.3) is 5.69 Å². The number of aryl methyl sites for hydroxylation is 1. The minimum absolute atomic E-state index is 0.119. The van der Waals surface area contributed by atoms with Crippen molar-refractivity contribution in [1.82, 2.24) is 4.72 Å². The maximum Gasteiger partial charge on any atom is 0.289 e. The summed E-state index contributed by atoms with van der Waals surface area (Å²) >= 11 is 5.74. The van der Waals surface area contributed by atoms with E-state index in [0.29, 0.717) is 5.56 Å². The summed E-state index contributed by atoms with van der Waals surface area (Å²) in [5, 5.41) is 19.7. The van der Waals surface area contributed by atoms with Crippen molar-refractivity contribution in [3.8, 4) is 0 Å². The smallest absolute Gasteiger partial charge is 0.289 e. The molecule has 0 aromatic heterocycles. The number of rotatable bonds is 6. The van der Waals surface area contributed by atoms with Gasteiger partial charge in [-0.25, -0.2) is 13.1 Å². The fourth-order valence-electron chi connectivity index (χ4n) is 1.82. The Kier molecular flexibility index (Phi) is 5.32. The SMILES string of the molecule is Cc1cc(Cl)c([N+](=O)[O-])cc1S(=O)(=O)NC(C)(C)CCO. The number of nitrogens with one attached hydrogen (secondary N) is 1. The lowest BCUT2D eigenvalue weighted by Crippen LogP contribution is -2.44. The number of sulfonamides is 1. The van der Waals surface area contributed by atoms with Crippen molar-refractivity contribution in [2.45, 2.75) is 37.6 Å². The first-order chi connectivity index (χ1) is 9.50. The van der Waals surface area contributed by atoms with Crippen LogP contribution in [0.3, 0.4) is 0 Å². The van der Waals surface area contributed by atoms with E-state index in [2.05, 4.69) is 4.72 Å². The van der Waals surface area contributed by atoms with Gasteiger partial charge in [-0.3, -0.25) is 10.1 Å². The molecule has 7 nitrogen and oxygen atoms in total. The van der Waals surface area contributed by atoms with Gasteiger partial charge in [-0.1, -0.05) is 11.6 Å². The molecule has 0 spiro atoms. The molecule has 0 aliphatic carbocycles. The van der Waals surface area contributed by atoms with E-state index in [0.717, 1.165) is 6.07 Å². The Hall–Kier alpha value is -1.22. The van der Waals surface area contributed by atoms with Gasteiger partial charge >= 0.3 is 0 Å². The normalized spacial score (nSPS) is 12.4. The van der Waals surface area contributed by atoms with E-state index < -0.39 is 26.2 Å². The third-order valence-corrected chi connectivity index (χ3v) is 5.02. The summed E-state index contributed by atoms with van der Waals surface area (Å²) in [5.74, 6) is 0. The molecule has 0 bridgehead atoms. The zero-order chi connectivity index (χ0) is 16.4. The number of aliphatic hydroxyl groups is 1. The molecular weight excluding hydrogens is 320 g/mol. The van der Waals surface area contributed by atoms with Gasteiger partial charge in [0.05, 0.1) is 9.82 Å². The maximum absolute atomic E-state index is 12.4. The van der Waals surface area contributed by atoms with Gasteiger partial charge in [0, 0.05) is 18.2 Å². The van der Waals surface area contributed by atoms with Crippen LogP contribution in [0.5, 0.6) is 0 Å². The summed E-state index contributed by atoms with van der Waals surface area (Å²) in [6.45, 7) is 4.54. The van der Waals surface area contributed by atoms with Crippen molar-refractivity contribution in [2.24, 2.45) is 0 Å². The third-order valence-electron chi connectivity index (χ3n) is 2.88. The fourth-order valence-corrected chi connectivity index (χ4v) is 3.80. The number of nitro groups is 1. The summed E-state index contributed by atoms with van der Waals surface area (Å²) in [4.78, 5) is 9.93. The average molecular weight is 337 g/mol. The number of nitro benzene ring substituents is 1. The summed E-state index contributed by atoms with van der Waals surface area (Å²) in [5.41, 5.74) is -1.05. The van der Waals surface area contributed by atoms with Crippen molar-refractivity contribution in [3.05, 3.63) is 32.8 Å². The van der Waals surface area contributed by atoms with E-state index in [1.807, 2.05) is 0 Å². The predicted octanol–water partition coefficient (Wildman–Crippen LogP) is 2.00. The molecule has 0 unspecified atom stereocenters. The Balaban J connectivity index is 3.32. The Labute approximate surface area is 128 Å². The Morgan fingerprint density at radius 1 is 1.43 bits per heavy atom. The van der Waals surface area contributed by atoms with Crippen LogP contribution in [-0.2, 0) is 10.0 Å². The summed E-state index contributed by atoms with van der Waals surface area (Å²) in [6.07, 6.45) is 0.209. The van der Waals surface area contributed by atoms with Crippen LogP contribution in [0.15, 0.2) is 17.0 Å². The molecule has 0 atom stereocenters. The van der Waals surface area contributed by atoms with Gasteiger partial charge in [-0.2, -0.15) is 0 Å². The van der Waals surface area contributed by atoms with Gasteiger partial charge in [0.15, 0.2) is 0 Å². The molecule has 1 aromatic rings. The van der Waals surface area contributed by atoms with Gasteiger partial charge in [-0.05, 0) is 38.8 Å². The molecule has 0 amide bonds. The van der Waals surface area contributed by atoms with Crippen LogP contribution in [0.4, 0.5) is 5.69 Å². The van der Waals surface area contributed by atoms with Crippen molar-refractivity contribution in [1.29, 1.82) is 0 Å². The van der Waals surface area contributed by atoms with E-state index in [9.17, 15) is 18.5 Å². The first-order valence-electron chi connectivity index (χ1n) is 6.09. The van der Waals surface area contributed by atoms with Gasteiger partial charge in [0.2, 0.25) is 10.0 Å². The monoisotopic (exact) mass is 336 g/mol. The van der Waals surface area contributed by atoms with Crippen LogP contribution in [-0.4, -0.2) is 30.6 Å². The minimum atomic E-state index is -3.97. The first kappa shape index (κ1) is 17.8. The van der Waals surface area contributed by atoms with Crippen LogP contribution < -0.4 is 4.72 Å². The largest absolute Gasteiger partial charge is 0.396 e. The van der Waals surface area contributed by atoms with Crippen molar-refractivity contribution in [3.63, 3.8) is 0 Å². The van der Waals surface area contributed by atoms with Crippen LogP contribution in [0.1, 0.15) is 25.8 Å². The predicted molar refractivity (Wildman–Crippen MR) is 78.9 cm³/mol. The van der Waals surface area contributed by atoms with Crippen LogP contribution in [0.25, 0.3) is 0 Å². The average Bonchev–Trinajstić information content (AvgIpc) is 2.25. The molecule has 0 saturated carbocycles. The molecule has 1 aromatic carbocycles. The second-order valence-corrected chi connectivity index (χ2v) is 7.35. The molecule has 0 aliphatic heterocycles. The Bertz CT molecular complexity index is 658. The standard InChI is InChI=1S/C12H17ClN2O5S/c1-8-6-9(13)10(15(17)18)7-11(8)21(19,20)14-12(2,3)4-5-16/h6-7,14,16H,4-5H2,1-3H3. The highest BCUT2D eigenvalue weighted by Crippen LogP contribution is 2.30. The zero-order valence-corrected chi connectivity index (χ0v) is 13.5. The van der Waals surface area contributed by atoms with Crippen molar-refractivity contribution >= 4 is 27.3 Å². The van der Waals surface area contributed by atoms with Crippen LogP contribution >= 0.6 is 11.6 Å². The highest BCUT2D eigenvalue weighted by Gasteiger charge is 2.29. The van der Waals surface area contributed by atoms with E-state index in [4.69, 9.17) is 16.7 Å². The number of nitrogens with zero attached hydrogens (tertiary/aromatic N) is 1. The number of aliphatic hydroxyl groups excluding tert-OH is 1. The second-order valence-electron chi connectivity index (χ2n) is 5.29. The highest BCUT2D eigenvalue weighted by molar-refractivity contribution is 7.89. The zero-order valence-electron chi connectivity index (χ0n) is 11.9. The van der Waals surface area contributed by atoms with Crippen molar-refractivity contribution in [2.75, 3.05) is 6.61 Å². The molecule has 0 aliphatic rings. The molecule has 2 N–H and O–H groups in total. The van der Waals surface area contributed by atoms with E-state index >= 15 is 0 Å². The molecule has 0 fully saturated rings.